The topological polar surface area (TPSA) is 213 Å². The van der Waals surface area contributed by atoms with Crippen molar-refractivity contribution in [3.8, 4) is 23.7 Å². The van der Waals surface area contributed by atoms with Crippen LogP contribution in [0.15, 0.2) is 35.1 Å². The molecule has 2 aliphatic carbocycles. The number of rotatable bonds is 18. The van der Waals surface area contributed by atoms with Crippen LogP contribution in [0, 0.1) is 23.7 Å². The lowest BCUT2D eigenvalue weighted by molar-refractivity contribution is -0.338. The molecule has 0 radical (unpaired) electrons. The van der Waals surface area contributed by atoms with Gasteiger partial charge in [-0.15, -0.1) is 0 Å². The number of carbonyl (C=O) groups excluding carboxylic acids is 2. The summed E-state index contributed by atoms with van der Waals surface area (Å²) >= 11 is 2.69. The van der Waals surface area contributed by atoms with Gasteiger partial charge in [0.2, 0.25) is 0 Å². The van der Waals surface area contributed by atoms with Crippen molar-refractivity contribution in [2.75, 3.05) is 52.0 Å². The first kappa shape index (κ1) is 53.5. The molecule has 15 atom stereocenters. The maximum Gasteiger partial charge on any atom is 0.411 e. The molecule has 358 valence electrons. The number of allylic oxidation sites excluding steroid dienone is 3. The number of ketones is 1. The van der Waals surface area contributed by atoms with Gasteiger partial charge in [-0.25, -0.2) is 4.79 Å². The lowest BCUT2D eigenvalue weighted by Crippen LogP contribution is -2.71. The molecule has 16 nitrogen and oxygen atoms in total. The Bertz CT molecular complexity index is 1820. The van der Waals surface area contributed by atoms with Gasteiger partial charge in [0, 0.05) is 42.9 Å². The highest BCUT2D eigenvalue weighted by Crippen LogP contribution is 2.47. The van der Waals surface area contributed by atoms with Crippen molar-refractivity contribution in [3.05, 3.63) is 35.1 Å². The number of amides is 1. The smallest absolute Gasteiger partial charge is 0.411 e. The Balaban J connectivity index is 1.61. The summed E-state index contributed by atoms with van der Waals surface area (Å²) in [4.78, 5) is 26.9. The van der Waals surface area contributed by atoms with E-state index in [2.05, 4.69) is 34.3 Å². The van der Waals surface area contributed by atoms with Crippen LogP contribution in [-0.4, -0.2) is 180 Å². The van der Waals surface area contributed by atoms with E-state index in [1.54, 1.807) is 26.4 Å². The summed E-state index contributed by atoms with van der Waals surface area (Å²) < 4.78 is 48.6. The van der Waals surface area contributed by atoms with Crippen LogP contribution in [-0.2, 0) is 42.7 Å². The number of ether oxygens (including phenoxy) is 8. The molecule has 0 saturated carbocycles. The summed E-state index contributed by atoms with van der Waals surface area (Å²) in [7, 11) is 7.28. The Morgan fingerprint density at radius 2 is 1.83 bits per heavy atom. The van der Waals surface area contributed by atoms with Crippen molar-refractivity contribution in [3.63, 3.8) is 0 Å². The summed E-state index contributed by atoms with van der Waals surface area (Å²) in [5, 5.41) is 53.0. The predicted molar refractivity (Wildman–Crippen MR) is 251 cm³/mol. The highest BCUT2D eigenvalue weighted by atomic mass is 33.5. The van der Waals surface area contributed by atoms with Gasteiger partial charge < -0.3 is 63.6 Å². The third kappa shape index (κ3) is 12.4. The molecule has 0 aromatic carbocycles. The highest BCUT2D eigenvalue weighted by molar-refractivity contribution is 9.09. The fourth-order valence-electron chi connectivity index (χ4n) is 8.68. The maximum absolute atomic E-state index is 14.0. The fourth-order valence-corrected chi connectivity index (χ4v) is 13.1. The van der Waals surface area contributed by atoms with Crippen molar-refractivity contribution in [2.24, 2.45) is 0 Å². The van der Waals surface area contributed by atoms with Crippen molar-refractivity contribution in [1.29, 1.82) is 0 Å². The molecule has 5 aliphatic rings. The molecule has 3 heterocycles. The Labute approximate surface area is 396 Å². The minimum Gasteiger partial charge on any atom is -0.453 e. The molecule has 21 heteroatoms. The van der Waals surface area contributed by atoms with E-state index in [4.69, 9.17) is 37.9 Å². The van der Waals surface area contributed by atoms with Crippen LogP contribution in [0.3, 0.4) is 0 Å². The van der Waals surface area contributed by atoms with Gasteiger partial charge in [-0.05, 0) is 54.6 Å². The van der Waals surface area contributed by atoms with Crippen molar-refractivity contribution < 1.29 is 67.9 Å². The number of carbonyl (C=O) groups is 2. The standard InChI is InChI=1S/C43H62N2O14S5/c1-23(2)44-27-22-54-33(19-31(27)52-5)59-37-39(49)43(61-8,32(21-46)58-34-18-28(47)38(60-7)24(3)55-34)25(4)56-40(37)57-30-14-12-10-11-13-16-42(51)20-29(48)36(45-41(50)53-6)35(30)26(42)15-17-63-64-62-9/h10-11,15,23-25,27-28,30-34,37-40,44,46-47,49,51H,17-22H2,1-9H3,(H,45,50)/b11-10-,26-15?/t24-,25-,27-,28+,30+,31+,32+,33+,34+,37-,38-,39-,40+,42+,43-/m1/s1. The molecular formula is C43H62N2O14S5. The molecule has 0 spiro atoms. The highest BCUT2D eigenvalue weighted by Gasteiger charge is 2.61. The Kier molecular flexibility index (Phi) is 20.7. The second-order valence-corrected chi connectivity index (χ2v) is 22.5. The van der Waals surface area contributed by atoms with E-state index in [1.807, 2.05) is 33.3 Å². The van der Waals surface area contributed by atoms with Gasteiger partial charge in [-0.3, -0.25) is 10.1 Å². The number of hydrogen-bond donors (Lipinski definition) is 6. The van der Waals surface area contributed by atoms with E-state index in [-0.39, 0.29) is 65.8 Å². The van der Waals surface area contributed by atoms with Crippen LogP contribution in [0.2, 0.25) is 0 Å². The number of nitrogens with one attached hydrogen (secondary N) is 2. The van der Waals surface area contributed by atoms with Crippen LogP contribution < -0.4 is 10.6 Å². The first-order chi connectivity index (χ1) is 30.6. The molecule has 3 saturated heterocycles. The summed E-state index contributed by atoms with van der Waals surface area (Å²) in [6.45, 7) is 7.22. The van der Waals surface area contributed by atoms with Crippen LogP contribution in [0.1, 0.15) is 47.0 Å². The summed E-state index contributed by atoms with van der Waals surface area (Å²) in [5.41, 5.74) is -2.05. The number of aliphatic hydroxyl groups is 4. The van der Waals surface area contributed by atoms with Gasteiger partial charge in [-0.2, -0.15) is 23.5 Å². The van der Waals surface area contributed by atoms with E-state index in [0.29, 0.717) is 5.75 Å². The van der Waals surface area contributed by atoms with Crippen LogP contribution in [0.4, 0.5) is 4.79 Å². The molecule has 3 fully saturated rings. The van der Waals surface area contributed by atoms with Crippen molar-refractivity contribution in [1.82, 2.24) is 10.6 Å². The quantitative estimate of drug-likeness (QED) is 0.0662. The summed E-state index contributed by atoms with van der Waals surface area (Å²) in [5.74, 6) is 11.3. The third-order valence-electron chi connectivity index (χ3n) is 11.6. The number of Topliss-reactive ketones (excluding diaryl/α,β-unsaturated/α-hetero) is 1. The molecule has 64 heavy (non-hydrogen) atoms. The SMILES string of the molecule is COC(=O)NC1=C2C(=CCSSSC)[C@](O)(C#C/C=C\C#C[C@@H]2O[C@@H]2O[C@H](C)[C@@](SC)([C@H](CO)O[C@H]3C[C@H](O)[C@H](SC)[C@@H](C)O3)[C@H](O)[C@H]2O[C@H]2C[C@H](OC)[C@H](NC(C)C)CO2)CC1=O. The van der Waals surface area contributed by atoms with Gasteiger partial charge in [0.05, 0.1) is 72.9 Å². The van der Waals surface area contributed by atoms with Gasteiger partial charge in [-0.1, -0.05) is 65.2 Å². The monoisotopic (exact) mass is 990 g/mol. The van der Waals surface area contributed by atoms with E-state index in [1.165, 1.54) is 67.1 Å². The summed E-state index contributed by atoms with van der Waals surface area (Å²) in [6, 6.07) is -0.0283. The van der Waals surface area contributed by atoms with Crippen molar-refractivity contribution >= 4 is 66.8 Å². The first-order valence-electron chi connectivity index (χ1n) is 20.9. The molecule has 0 unspecified atom stereocenters. The van der Waals surface area contributed by atoms with Gasteiger partial charge in [0.1, 0.15) is 24.4 Å². The zero-order chi connectivity index (χ0) is 46.8. The fraction of sp³-hybridized carbons (Fsp3) is 0.721. The molecule has 0 aromatic rings. The van der Waals surface area contributed by atoms with E-state index in [9.17, 15) is 30.0 Å². The van der Waals surface area contributed by atoms with E-state index < -0.39 is 90.7 Å². The summed E-state index contributed by atoms with van der Waals surface area (Å²) in [6.07, 6.45) is -2.18. The van der Waals surface area contributed by atoms with E-state index >= 15 is 0 Å². The minimum absolute atomic E-state index is 0.0143. The normalized spacial score (nSPS) is 38.2. The van der Waals surface area contributed by atoms with Gasteiger partial charge in [0.25, 0.3) is 0 Å². The van der Waals surface area contributed by atoms with Gasteiger partial charge in [0.15, 0.2) is 30.3 Å². The second-order valence-electron chi connectivity index (χ2n) is 15.9. The Morgan fingerprint density at radius 3 is 2.47 bits per heavy atom. The van der Waals surface area contributed by atoms with Crippen LogP contribution >= 0.6 is 54.9 Å². The third-order valence-corrected chi connectivity index (χ3v) is 18.1. The lowest BCUT2D eigenvalue weighted by Gasteiger charge is -2.54. The molecule has 6 N–H and O–H groups in total. The Hall–Kier alpha value is -1.45. The molecule has 5 rings (SSSR count). The zero-order valence-corrected chi connectivity index (χ0v) is 41.6. The molecular weight excluding hydrogens is 929 g/mol. The number of methoxy groups -OCH3 is 2. The maximum atomic E-state index is 14.0. The average Bonchev–Trinajstić information content (AvgIpc) is 3.25. The number of alkyl carbamates (subject to hydrolysis) is 1. The average molecular weight is 991 g/mol. The largest absolute Gasteiger partial charge is 0.453 e. The number of thioether (sulfide) groups is 2. The Morgan fingerprint density at radius 1 is 1.08 bits per heavy atom. The number of fused-ring (bicyclic) bond motifs is 2. The number of aliphatic hydroxyl groups excluding tert-OH is 3. The first-order valence-corrected chi connectivity index (χ1v) is 27.5. The lowest BCUT2D eigenvalue weighted by atomic mass is 9.75. The molecule has 0 aromatic heterocycles. The molecule has 2 bridgehead atoms. The molecule has 1 amide bonds. The van der Waals surface area contributed by atoms with Gasteiger partial charge >= 0.3 is 6.09 Å². The second kappa shape index (κ2) is 24.7. The zero-order valence-electron chi connectivity index (χ0n) is 37.5. The number of hydrogen-bond acceptors (Lipinski definition) is 20. The van der Waals surface area contributed by atoms with Crippen LogP contribution in [0.5, 0.6) is 0 Å². The van der Waals surface area contributed by atoms with Crippen molar-refractivity contribution in [2.45, 2.75) is 142 Å². The van der Waals surface area contributed by atoms with E-state index in [0.717, 1.165) is 7.11 Å². The molecule has 3 aliphatic heterocycles. The predicted octanol–water partition coefficient (Wildman–Crippen LogP) is 3.17. The minimum atomic E-state index is -2.02. The van der Waals surface area contributed by atoms with Crippen LogP contribution in [0.25, 0.3) is 0 Å².